The maximum atomic E-state index is 6.40. The quantitative estimate of drug-likeness (QED) is 0.573. The van der Waals surface area contributed by atoms with Gasteiger partial charge in [0.1, 0.15) is 11.6 Å². The summed E-state index contributed by atoms with van der Waals surface area (Å²) >= 11 is 0. The van der Waals surface area contributed by atoms with Gasteiger partial charge in [-0.15, -0.1) is 0 Å². The topological polar surface area (TPSA) is 131 Å². The van der Waals surface area contributed by atoms with Crippen molar-refractivity contribution in [3.8, 4) is 11.3 Å². The van der Waals surface area contributed by atoms with Gasteiger partial charge in [0.25, 0.3) is 0 Å². The summed E-state index contributed by atoms with van der Waals surface area (Å²) in [5.74, 6) is 2.90. The van der Waals surface area contributed by atoms with Gasteiger partial charge in [-0.2, -0.15) is 15.1 Å². The van der Waals surface area contributed by atoms with Crippen molar-refractivity contribution in [3.05, 3.63) is 29.3 Å². The van der Waals surface area contributed by atoms with Crippen LogP contribution in [-0.4, -0.2) is 51.6 Å². The Morgan fingerprint density at radius 2 is 2.07 bits per heavy atom. The number of ether oxygens (including phenoxy) is 1. The number of morpholine rings is 1. The van der Waals surface area contributed by atoms with Crippen molar-refractivity contribution in [3.63, 3.8) is 0 Å². The number of anilines is 3. The molecule has 10 nitrogen and oxygen atoms in total. The lowest BCUT2D eigenvalue weighted by molar-refractivity contribution is 0.122. The molecule has 29 heavy (non-hydrogen) atoms. The Bertz CT molecular complexity index is 1000. The van der Waals surface area contributed by atoms with Crippen molar-refractivity contribution in [1.82, 2.24) is 25.3 Å². The molecule has 0 amide bonds. The molecule has 1 aliphatic carbocycles. The number of nitrogen functional groups attached to an aromatic ring is 1. The van der Waals surface area contributed by atoms with Gasteiger partial charge in [0.2, 0.25) is 5.95 Å². The van der Waals surface area contributed by atoms with Crippen molar-refractivity contribution in [2.75, 3.05) is 42.3 Å². The summed E-state index contributed by atoms with van der Waals surface area (Å²) in [6.07, 6.45) is 2.40. The zero-order chi connectivity index (χ0) is 19.8. The largest absolute Gasteiger partial charge is 0.383 e. The highest BCUT2D eigenvalue weighted by atomic mass is 16.5. The first-order valence-electron chi connectivity index (χ1n) is 9.89. The predicted octanol–water partition coefficient (Wildman–Crippen LogP) is 2.07. The van der Waals surface area contributed by atoms with E-state index in [1.165, 1.54) is 12.8 Å². The van der Waals surface area contributed by atoms with Gasteiger partial charge in [-0.05, 0) is 25.8 Å². The molecule has 4 heterocycles. The maximum Gasteiger partial charge on any atom is 0.227 e. The van der Waals surface area contributed by atoms with Gasteiger partial charge in [0.15, 0.2) is 5.76 Å². The summed E-state index contributed by atoms with van der Waals surface area (Å²) in [5.41, 5.74) is 9.92. The van der Waals surface area contributed by atoms with Crippen molar-refractivity contribution in [2.45, 2.75) is 32.2 Å². The highest BCUT2D eigenvalue weighted by Crippen LogP contribution is 2.41. The van der Waals surface area contributed by atoms with Crippen LogP contribution in [0.25, 0.3) is 11.3 Å². The third-order valence-electron chi connectivity index (χ3n) is 5.20. The summed E-state index contributed by atoms with van der Waals surface area (Å²) in [6, 6.07) is 3.94. The van der Waals surface area contributed by atoms with Gasteiger partial charge in [0.05, 0.1) is 36.7 Å². The zero-order valence-electron chi connectivity index (χ0n) is 16.3. The lowest BCUT2D eigenvalue weighted by Gasteiger charge is -2.29. The molecule has 4 N–H and O–H groups in total. The molecule has 0 radical (unpaired) electrons. The van der Waals surface area contributed by atoms with E-state index in [-0.39, 0.29) is 0 Å². The number of nitrogens with one attached hydrogen (secondary N) is 2. The van der Waals surface area contributed by atoms with Crippen LogP contribution in [0.2, 0.25) is 0 Å². The van der Waals surface area contributed by atoms with E-state index < -0.39 is 0 Å². The van der Waals surface area contributed by atoms with Gasteiger partial charge in [-0.1, -0.05) is 5.16 Å². The van der Waals surface area contributed by atoms with Crippen LogP contribution in [0.1, 0.15) is 35.9 Å². The molecule has 1 aliphatic heterocycles. The number of nitrogens with two attached hydrogens (primary N) is 1. The number of rotatable bonds is 6. The standard InChI is InChI=1S/C19H24N8O2/c1-11-8-13(29-26-11)10-21-19-22-17(20)16(15-9-14(24-25-15)12-2-3-12)18(23-19)27-4-6-28-7-5-27/h8-9,12H,2-7,10H2,1H3,(H,24,25)(H3,20,21,22,23). The van der Waals surface area contributed by atoms with Gasteiger partial charge < -0.3 is 25.2 Å². The second-order valence-electron chi connectivity index (χ2n) is 7.50. The Balaban J connectivity index is 1.48. The van der Waals surface area contributed by atoms with Gasteiger partial charge in [-0.25, -0.2) is 0 Å². The molecule has 0 bridgehead atoms. The van der Waals surface area contributed by atoms with Crippen LogP contribution < -0.4 is 16.0 Å². The van der Waals surface area contributed by atoms with Crippen molar-refractivity contribution in [1.29, 1.82) is 0 Å². The highest BCUT2D eigenvalue weighted by Gasteiger charge is 2.28. The van der Waals surface area contributed by atoms with E-state index in [1.54, 1.807) is 0 Å². The summed E-state index contributed by atoms with van der Waals surface area (Å²) < 4.78 is 10.8. The monoisotopic (exact) mass is 396 g/mol. The molecule has 2 aliphatic rings. The molecule has 1 saturated carbocycles. The second kappa shape index (κ2) is 7.36. The molecule has 0 spiro atoms. The van der Waals surface area contributed by atoms with Crippen LogP contribution in [0.3, 0.4) is 0 Å². The summed E-state index contributed by atoms with van der Waals surface area (Å²) in [5, 5.41) is 14.7. The average Bonchev–Trinajstić information content (AvgIpc) is 3.32. The Morgan fingerprint density at radius 3 is 2.79 bits per heavy atom. The van der Waals surface area contributed by atoms with E-state index >= 15 is 0 Å². The van der Waals surface area contributed by atoms with Crippen molar-refractivity contribution < 1.29 is 9.26 Å². The molecule has 0 unspecified atom stereocenters. The number of aromatic nitrogens is 5. The Hall–Kier alpha value is -3.14. The third kappa shape index (κ3) is 3.75. The smallest absolute Gasteiger partial charge is 0.227 e. The van der Waals surface area contributed by atoms with Crippen molar-refractivity contribution >= 4 is 17.6 Å². The first-order valence-corrected chi connectivity index (χ1v) is 9.89. The minimum absolute atomic E-state index is 0.395. The number of nitrogens with zero attached hydrogens (tertiary/aromatic N) is 5. The molecule has 5 rings (SSSR count). The minimum atomic E-state index is 0.395. The summed E-state index contributed by atoms with van der Waals surface area (Å²) in [7, 11) is 0. The lowest BCUT2D eigenvalue weighted by Crippen LogP contribution is -2.37. The molecule has 3 aromatic rings. The van der Waals surface area contributed by atoms with Crippen LogP contribution in [0, 0.1) is 6.92 Å². The molecular formula is C19H24N8O2. The molecule has 152 valence electrons. The molecule has 3 aromatic heterocycles. The fourth-order valence-electron chi connectivity index (χ4n) is 3.53. The summed E-state index contributed by atoms with van der Waals surface area (Å²) in [4.78, 5) is 11.4. The van der Waals surface area contributed by atoms with Gasteiger partial charge >= 0.3 is 0 Å². The summed E-state index contributed by atoms with van der Waals surface area (Å²) in [6.45, 7) is 5.09. The Morgan fingerprint density at radius 1 is 1.24 bits per heavy atom. The Labute approximate surface area is 167 Å². The van der Waals surface area contributed by atoms with E-state index in [9.17, 15) is 0 Å². The first-order chi connectivity index (χ1) is 14.2. The molecular weight excluding hydrogens is 372 g/mol. The van der Waals surface area contributed by atoms with Gasteiger partial charge in [0, 0.05) is 30.8 Å². The number of H-pyrrole nitrogens is 1. The Kier molecular flexibility index (Phi) is 4.55. The van der Waals surface area contributed by atoms with Crippen LogP contribution >= 0.6 is 0 Å². The molecule has 1 saturated heterocycles. The number of hydrogen-bond donors (Lipinski definition) is 3. The predicted molar refractivity (Wildman–Crippen MR) is 108 cm³/mol. The van der Waals surface area contributed by atoms with Crippen LogP contribution in [0.4, 0.5) is 17.6 Å². The van der Waals surface area contributed by atoms with E-state index in [4.69, 9.17) is 20.0 Å². The van der Waals surface area contributed by atoms with Crippen LogP contribution in [0.15, 0.2) is 16.7 Å². The van der Waals surface area contributed by atoms with E-state index in [2.05, 4.69) is 36.6 Å². The number of hydrogen-bond acceptors (Lipinski definition) is 9. The van der Waals surface area contributed by atoms with Crippen LogP contribution in [0.5, 0.6) is 0 Å². The van der Waals surface area contributed by atoms with Crippen molar-refractivity contribution in [2.24, 2.45) is 0 Å². The van der Waals surface area contributed by atoms with E-state index in [0.717, 1.165) is 41.6 Å². The molecule has 0 aromatic carbocycles. The maximum absolute atomic E-state index is 6.40. The highest BCUT2D eigenvalue weighted by molar-refractivity contribution is 5.83. The third-order valence-corrected chi connectivity index (χ3v) is 5.20. The first kappa shape index (κ1) is 17.9. The number of aryl methyl sites for hydroxylation is 1. The average molecular weight is 396 g/mol. The SMILES string of the molecule is Cc1cc(CNc2nc(N)c(-c3cc(C4CC4)[nH]n3)c(N3CCOCC3)n2)on1. The second-order valence-corrected chi connectivity index (χ2v) is 7.50. The van der Waals surface area contributed by atoms with Crippen LogP contribution in [-0.2, 0) is 11.3 Å². The van der Waals surface area contributed by atoms with Gasteiger partial charge in [-0.3, -0.25) is 5.10 Å². The molecule has 2 fully saturated rings. The fourth-order valence-corrected chi connectivity index (χ4v) is 3.53. The molecule has 10 heteroatoms. The lowest BCUT2D eigenvalue weighted by atomic mass is 10.1. The zero-order valence-corrected chi connectivity index (χ0v) is 16.3. The normalized spacial score (nSPS) is 16.9. The van der Waals surface area contributed by atoms with E-state index in [0.29, 0.717) is 43.2 Å². The number of aromatic amines is 1. The minimum Gasteiger partial charge on any atom is -0.383 e. The fraction of sp³-hybridized carbons (Fsp3) is 0.474. The molecule has 0 atom stereocenters. The van der Waals surface area contributed by atoms with E-state index in [1.807, 2.05) is 13.0 Å².